The fourth-order valence-corrected chi connectivity index (χ4v) is 4.13. The van der Waals surface area contributed by atoms with Crippen LogP contribution in [0.2, 0.25) is 0 Å². The summed E-state index contributed by atoms with van der Waals surface area (Å²) in [5, 5.41) is 0. The fourth-order valence-electron chi connectivity index (χ4n) is 3.06. The first-order valence-electron chi connectivity index (χ1n) is 10.2. The molecule has 3 aromatic rings. The highest BCUT2D eigenvalue weighted by atomic mass is 32.2. The molecule has 0 aliphatic carbocycles. The van der Waals surface area contributed by atoms with Gasteiger partial charge in [-0.3, -0.25) is 20.4 Å². The van der Waals surface area contributed by atoms with Gasteiger partial charge in [-0.2, -0.15) is 0 Å². The Morgan fingerprint density at radius 3 is 2.24 bits per heavy atom. The number of carbonyl (C=O) groups is 2. The molecule has 0 unspecified atom stereocenters. The van der Waals surface area contributed by atoms with Gasteiger partial charge in [0, 0.05) is 12.1 Å². The zero-order chi connectivity index (χ0) is 23.8. The smallest absolute Gasteiger partial charge is 0.276 e. The molecule has 0 fully saturated rings. The second-order valence-electron chi connectivity index (χ2n) is 7.45. The minimum absolute atomic E-state index is 0.0597. The van der Waals surface area contributed by atoms with E-state index in [-0.39, 0.29) is 23.6 Å². The largest absolute Gasteiger partial charge is 0.484 e. The Labute approximate surface area is 193 Å². The van der Waals surface area contributed by atoms with Crippen molar-refractivity contribution in [2.45, 2.75) is 25.3 Å². The number of nitrogens with one attached hydrogen (secondary N) is 3. The van der Waals surface area contributed by atoms with Gasteiger partial charge in [0.15, 0.2) is 6.61 Å². The summed E-state index contributed by atoms with van der Waals surface area (Å²) in [7, 11) is -3.83. The second kappa shape index (κ2) is 10.8. The number of ether oxygens (including phenoxy) is 1. The standard InChI is InChI=1S/C24H25N3O5S/c1-17-11-18(2)13-21(12-17)32-16-23(28)26-27-24(29)20-9-6-10-22(14-20)33(30,31)25-15-19-7-4-3-5-8-19/h3-14,25H,15-16H2,1-2H3,(H,26,28)(H,27,29). The molecule has 33 heavy (non-hydrogen) atoms. The van der Waals surface area contributed by atoms with Crippen molar-refractivity contribution in [1.82, 2.24) is 15.6 Å². The first kappa shape index (κ1) is 24.0. The number of rotatable bonds is 8. The van der Waals surface area contributed by atoms with E-state index in [0.717, 1.165) is 16.7 Å². The first-order chi connectivity index (χ1) is 15.7. The van der Waals surface area contributed by atoms with Crippen molar-refractivity contribution in [3.8, 4) is 5.75 Å². The van der Waals surface area contributed by atoms with Crippen LogP contribution in [-0.4, -0.2) is 26.8 Å². The lowest BCUT2D eigenvalue weighted by molar-refractivity contribution is -0.123. The van der Waals surface area contributed by atoms with E-state index in [4.69, 9.17) is 4.74 Å². The molecule has 0 saturated carbocycles. The van der Waals surface area contributed by atoms with Crippen LogP contribution in [0.3, 0.4) is 0 Å². The average molecular weight is 468 g/mol. The Morgan fingerprint density at radius 1 is 0.848 bits per heavy atom. The molecule has 9 heteroatoms. The highest BCUT2D eigenvalue weighted by Gasteiger charge is 2.16. The van der Waals surface area contributed by atoms with Crippen LogP contribution in [0, 0.1) is 13.8 Å². The number of hydrazine groups is 1. The molecular formula is C24H25N3O5S. The van der Waals surface area contributed by atoms with Crippen molar-refractivity contribution >= 4 is 21.8 Å². The molecule has 3 rings (SSSR count). The van der Waals surface area contributed by atoms with Crippen molar-refractivity contribution in [1.29, 1.82) is 0 Å². The first-order valence-corrected chi connectivity index (χ1v) is 11.7. The lowest BCUT2D eigenvalue weighted by Gasteiger charge is -2.11. The summed E-state index contributed by atoms with van der Waals surface area (Å²) in [5.74, 6) is -0.666. The number of benzene rings is 3. The Balaban J connectivity index is 1.54. The van der Waals surface area contributed by atoms with E-state index >= 15 is 0 Å². The normalized spacial score (nSPS) is 11.0. The van der Waals surface area contributed by atoms with Crippen LogP contribution in [0.25, 0.3) is 0 Å². The minimum atomic E-state index is -3.83. The van der Waals surface area contributed by atoms with Crippen LogP contribution < -0.4 is 20.3 Å². The van der Waals surface area contributed by atoms with E-state index in [1.165, 1.54) is 24.3 Å². The molecule has 0 aliphatic heterocycles. The number of aryl methyl sites for hydroxylation is 2. The highest BCUT2D eigenvalue weighted by molar-refractivity contribution is 7.89. The maximum absolute atomic E-state index is 12.6. The summed E-state index contributed by atoms with van der Waals surface area (Å²) in [6.45, 7) is 3.68. The molecule has 0 heterocycles. The molecule has 8 nitrogen and oxygen atoms in total. The average Bonchev–Trinajstić information content (AvgIpc) is 2.80. The van der Waals surface area contributed by atoms with Gasteiger partial charge in [-0.1, -0.05) is 42.5 Å². The number of sulfonamides is 1. The molecule has 0 radical (unpaired) electrons. The van der Waals surface area contributed by atoms with Gasteiger partial charge in [0.1, 0.15) is 5.75 Å². The summed E-state index contributed by atoms with van der Waals surface area (Å²) in [5.41, 5.74) is 7.41. The predicted octanol–water partition coefficient (Wildman–Crippen LogP) is 2.62. The van der Waals surface area contributed by atoms with E-state index in [1.54, 1.807) is 24.3 Å². The molecular weight excluding hydrogens is 442 g/mol. The van der Waals surface area contributed by atoms with Crippen LogP contribution in [-0.2, 0) is 21.4 Å². The van der Waals surface area contributed by atoms with Gasteiger partial charge < -0.3 is 4.74 Å². The predicted molar refractivity (Wildman–Crippen MR) is 124 cm³/mol. The zero-order valence-electron chi connectivity index (χ0n) is 18.3. The summed E-state index contributed by atoms with van der Waals surface area (Å²) in [6, 6.07) is 20.2. The van der Waals surface area contributed by atoms with E-state index in [1.807, 2.05) is 38.1 Å². The third kappa shape index (κ3) is 7.16. The Morgan fingerprint density at radius 2 is 1.55 bits per heavy atom. The summed E-state index contributed by atoms with van der Waals surface area (Å²) < 4.78 is 33.1. The topological polar surface area (TPSA) is 114 Å². The maximum Gasteiger partial charge on any atom is 0.276 e. The molecule has 0 aromatic heterocycles. The van der Waals surface area contributed by atoms with Crippen molar-refractivity contribution in [2.75, 3.05) is 6.61 Å². The zero-order valence-corrected chi connectivity index (χ0v) is 19.1. The van der Waals surface area contributed by atoms with Crippen LogP contribution >= 0.6 is 0 Å². The van der Waals surface area contributed by atoms with Gasteiger partial charge in [-0.25, -0.2) is 13.1 Å². The number of hydrogen-bond donors (Lipinski definition) is 3. The van der Waals surface area contributed by atoms with Crippen molar-refractivity contribution < 1.29 is 22.7 Å². The highest BCUT2D eigenvalue weighted by Crippen LogP contribution is 2.16. The van der Waals surface area contributed by atoms with Crippen LogP contribution in [0.5, 0.6) is 5.75 Å². The number of amides is 2. The number of hydrogen-bond acceptors (Lipinski definition) is 5. The van der Waals surface area contributed by atoms with Gasteiger partial charge >= 0.3 is 0 Å². The molecule has 172 valence electrons. The molecule has 3 N–H and O–H groups in total. The molecule has 0 saturated heterocycles. The maximum atomic E-state index is 12.6. The Hall–Kier alpha value is -3.69. The van der Waals surface area contributed by atoms with Gasteiger partial charge in [-0.05, 0) is 60.9 Å². The van der Waals surface area contributed by atoms with Crippen molar-refractivity contribution in [3.63, 3.8) is 0 Å². The fraction of sp³-hybridized carbons (Fsp3) is 0.167. The third-order valence-electron chi connectivity index (χ3n) is 4.60. The molecule has 2 amide bonds. The minimum Gasteiger partial charge on any atom is -0.484 e. The van der Waals surface area contributed by atoms with Crippen LogP contribution in [0.4, 0.5) is 0 Å². The quantitative estimate of drug-likeness (QED) is 0.441. The SMILES string of the molecule is Cc1cc(C)cc(OCC(=O)NNC(=O)c2cccc(S(=O)(=O)NCc3ccccc3)c2)c1. The summed E-state index contributed by atoms with van der Waals surface area (Å²) in [4.78, 5) is 24.3. The second-order valence-corrected chi connectivity index (χ2v) is 9.22. The van der Waals surface area contributed by atoms with E-state index in [0.29, 0.717) is 5.75 Å². The third-order valence-corrected chi connectivity index (χ3v) is 6.00. The number of carbonyl (C=O) groups excluding carboxylic acids is 2. The summed E-state index contributed by atoms with van der Waals surface area (Å²) in [6.07, 6.45) is 0. The molecule has 0 spiro atoms. The molecule has 0 atom stereocenters. The van der Waals surface area contributed by atoms with Crippen LogP contribution in [0.15, 0.2) is 77.7 Å². The van der Waals surface area contributed by atoms with Gasteiger partial charge in [-0.15, -0.1) is 0 Å². The van der Waals surface area contributed by atoms with Crippen molar-refractivity contribution in [2.24, 2.45) is 0 Å². The molecule has 3 aromatic carbocycles. The monoisotopic (exact) mass is 467 g/mol. The molecule has 0 aliphatic rings. The summed E-state index contributed by atoms with van der Waals surface area (Å²) >= 11 is 0. The van der Waals surface area contributed by atoms with Crippen LogP contribution in [0.1, 0.15) is 27.0 Å². The van der Waals surface area contributed by atoms with Gasteiger partial charge in [0.25, 0.3) is 11.8 Å². The lowest BCUT2D eigenvalue weighted by Crippen LogP contribution is -2.43. The Bertz CT molecular complexity index is 1220. The van der Waals surface area contributed by atoms with E-state index in [9.17, 15) is 18.0 Å². The van der Waals surface area contributed by atoms with E-state index < -0.39 is 21.8 Å². The lowest BCUT2D eigenvalue weighted by atomic mass is 10.1. The Kier molecular flexibility index (Phi) is 7.81. The van der Waals surface area contributed by atoms with Gasteiger partial charge in [0.05, 0.1) is 4.90 Å². The van der Waals surface area contributed by atoms with Crippen molar-refractivity contribution in [3.05, 3.63) is 95.1 Å². The van der Waals surface area contributed by atoms with Gasteiger partial charge in [0.2, 0.25) is 10.0 Å². The molecule has 0 bridgehead atoms. The van der Waals surface area contributed by atoms with E-state index in [2.05, 4.69) is 15.6 Å².